The number of hydrogen-bond acceptors (Lipinski definition) is 4. The van der Waals surface area contributed by atoms with Gasteiger partial charge in [0, 0.05) is 37.1 Å². The summed E-state index contributed by atoms with van der Waals surface area (Å²) in [4.78, 5) is 18.8. The molecule has 124 valence electrons. The Labute approximate surface area is 147 Å². The molecule has 1 fully saturated rings. The molecular weight excluding hydrogens is 330 g/mol. The van der Waals surface area contributed by atoms with Gasteiger partial charge in [0.25, 0.3) is 5.91 Å². The number of rotatable bonds is 3. The zero-order chi connectivity index (χ0) is 15.5. The maximum absolute atomic E-state index is 12.4. The molecular formula is C17H22ClN3OS. The van der Waals surface area contributed by atoms with E-state index >= 15 is 0 Å². The molecule has 1 N–H and O–H groups in total. The minimum atomic E-state index is 0. The van der Waals surface area contributed by atoms with E-state index < -0.39 is 0 Å². The molecule has 0 saturated carbocycles. The molecule has 23 heavy (non-hydrogen) atoms. The minimum Gasteiger partial charge on any atom is -0.335 e. The number of piperazine rings is 1. The van der Waals surface area contributed by atoms with Gasteiger partial charge in [-0.25, -0.2) is 4.98 Å². The third kappa shape index (κ3) is 4.10. The first-order chi connectivity index (χ1) is 10.6. The second-order valence-electron chi connectivity index (χ2n) is 5.86. The first kappa shape index (κ1) is 17.9. The molecule has 2 heterocycles. The van der Waals surface area contributed by atoms with Crippen molar-refractivity contribution in [2.45, 2.75) is 19.8 Å². The zero-order valence-electron chi connectivity index (χ0n) is 13.4. The Hall–Kier alpha value is -1.43. The van der Waals surface area contributed by atoms with Crippen LogP contribution in [-0.2, 0) is 0 Å². The van der Waals surface area contributed by atoms with E-state index in [1.807, 2.05) is 10.3 Å². The van der Waals surface area contributed by atoms with Crippen LogP contribution in [0.2, 0.25) is 0 Å². The number of nitrogens with zero attached hydrogens (tertiary/aromatic N) is 2. The van der Waals surface area contributed by atoms with Gasteiger partial charge in [0.15, 0.2) is 0 Å². The number of carbonyl (C=O) groups excluding carboxylic acids is 1. The molecule has 0 atom stereocenters. The van der Waals surface area contributed by atoms with Crippen LogP contribution in [-0.4, -0.2) is 42.0 Å². The molecule has 0 aliphatic carbocycles. The average Bonchev–Trinajstić information content (AvgIpc) is 3.05. The average molecular weight is 352 g/mol. The highest BCUT2D eigenvalue weighted by Gasteiger charge is 2.20. The van der Waals surface area contributed by atoms with Gasteiger partial charge in [0.05, 0.1) is 0 Å². The fourth-order valence-electron chi connectivity index (χ4n) is 2.55. The van der Waals surface area contributed by atoms with Crippen molar-refractivity contribution in [1.29, 1.82) is 0 Å². The monoisotopic (exact) mass is 351 g/mol. The Bertz CT molecular complexity index is 648. The lowest BCUT2D eigenvalue weighted by molar-refractivity contribution is 0.0731. The van der Waals surface area contributed by atoms with Crippen molar-refractivity contribution < 1.29 is 4.79 Å². The quantitative estimate of drug-likeness (QED) is 0.921. The Morgan fingerprint density at radius 1 is 1.22 bits per heavy atom. The summed E-state index contributed by atoms with van der Waals surface area (Å²) < 4.78 is 0. The first-order valence-electron chi connectivity index (χ1n) is 7.71. The van der Waals surface area contributed by atoms with Crippen LogP contribution in [0.3, 0.4) is 0 Å². The van der Waals surface area contributed by atoms with Gasteiger partial charge in [-0.05, 0) is 11.5 Å². The lowest BCUT2D eigenvalue weighted by Gasteiger charge is -2.26. The molecule has 1 aromatic carbocycles. The number of hydrogen-bond donors (Lipinski definition) is 1. The molecule has 1 aliphatic heterocycles. The molecule has 1 saturated heterocycles. The van der Waals surface area contributed by atoms with E-state index in [4.69, 9.17) is 0 Å². The third-order valence-corrected chi connectivity index (χ3v) is 4.84. The largest absolute Gasteiger partial charge is 0.335 e. The SMILES string of the molecule is CC(C)c1ccc(-c2nc(C(=O)N3CCNCC3)cs2)cc1.Cl. The lowest BCUT2D eigenvalue weighted by atomic mass is 10.0. The maximum atomic E-state index is 12.4. The van der Waals surface area contributed by atoms with E-state index in [0.717, 1.165) is 36.8 Å². The first-order valence-corrected chi connectivity index (χ1v) is 8.59. The number of aromatic nitrogens is 1. The summed E-state index contributed by atoms with van der Waals surface area (Å²) in [6.07, 6.45) is 0. The maximum Gasteiger partial charge on any atom is 0.273 e. The van der Waals surface area contributed by atoms with Gasteiger partial charge in [0.2, 0.25) is 0 Å². The van der Waals surface area contributed by atoms with Gasteiger partial charge in [-0.1, -0.05) is 38.1 Å². The highest BCUT2D eigenvalue weighted by Crippen LogP contribution is 2.26. The van der Waals surface area contributed by atoms with Crippen molar-refractivity contribution in [2.24, 2.45) is 0 Å². The van der Waals surface area contributed by atoms with Crippen molar-refractivity contribution in [3.63, 3.8) is 0 Å². The molecule has 0 unspecified atom stereocenters. The topological polar surface area (TPSA) is 45.2 Å². The van der Waals surface area contributed by atoms with E-state index in [0.29, 0.717) is 11.6 Å². The fraction of sp³-hybridized carbons (Fsp3) is 0.412. The minimum absolute atomic E-state index is 0. The van der Waals surface area contributed by atoms with Gasteiger partial charge < -0.3 is 10.2 Å². The number of carbonyl (C=O) groups is 1. The van der Waals surface area contributed by atoms with Gasteiger partial charge >= 0.3 is 0 Å². The number of halogens is 1. The van der Waals surface area contributed by atoms with Crippen molar-refractivity contribution >= 4 is 29.7 Å². The Morgan fingerprint density at radius 2 is 1.87 bits per heavy atom. The van der Waals surface area contributed by atoms with E-state index in [9.17, 15) is 4.79 Å². The normalized spacial score (nSPS) is 14.7. The predicted molar refractivity (Wildman–Crippen MR) is 97.7 cm³/mol. The number of benzene rings is 1. The summed E-state index contributed by atoms with van der Waals surface area (Å²) in [5.74, 6) is 0.568. The molecule has 1 amide bonds. The zero-order valence-corrected chi connectivity index (χ0v) is 15.0. The molecule has 0 bridgehead atoms. The predicted octanol–water partition coefficient (Wildman–Crippen LogP) is 3.40. The number of amides is 1. The second-order valence-corrected chi connectivity index (χ2v) is 6.71. The van der Waals surface area contributed by atoms with Crippen LogP contribution in [0.1, 0.15) is 35.8 Å². The third-order valence-electron chi connectivity index (χ3n) is 3.95. The van der Waals surface area contributed by atoms with Crippen molar-refractivity contribution in [2.75, 3.05) is 26.2 Å². The second kappa shape index (κ2) is 7.90. The standard InChI is InChI=1S/C17H21N3OS.ClH/c1-12(2)13-3-5-14(6-4-13)16-19-15(11-22-16)17(21)20-9-7-18-8-10-20;/h3-6,11-12,18H,7-10H2,1-2H3;1H. The van der Waals surface area contributed by atoms with Crippen molar-refractivity contribution in [3.8, 4) is 10.6 Å². The van der Waals surface area contributed by atoms with Crippen LogP contribution >= 0.6 is 23.7 Å². The van der Waals surface area contributed by atoms with E-state index in [-0.39, 0.29) is 18.3 Å². The molecule has 4 nitrogen and oxygen atoms in total. The van der Waals surface area contributed by atoms with Crippen LogP contribution in [0.5, 0.6) is 0 Å². The van der Waals surface area contributed by atoms with Crippen LogP contribution in [0.15, 0.2) is 29.6 Å². The van der Waals surface area contributed by atoms with Crippen molar-refractivity contribution in [1.82, 2.24) is 15.2 Å². The molecule has 3 rings (SSSR count). The van der Waals surface area contributed by atoms with Crippen LogP contribution in [0.25, 0.3) is 10.6 Å². The Morgan fingerprint density at radius 3 is 2.48 bits per heavy atom. The lowest BCUT2D eigenvalue weighted by Crippen LogP contribution is -2.46. The molecule has 6 heteroatoms. The van der Waals surface area contributed by atoms with Gasteiger partial charge in [-0.2, -0.15) is 0 Å². The Kier molecular flexibility index (Phi) is 6.16. The number of nitrogens with one attached hydrogen (secondary N) is 1. The molecule has 2 aromatic rings. The van der Waals surface area contributed by atoms with Crippen LogP contribution in [0, 0.1) is 0 Å². The molecule has 0 radical (unpaired) electrons. The smallest absolute Gasteiger partial charge is 0.273 e. The Balaban J connectivity index is 0.00000192. The van der Waals surface area contributed by atoms with Crippen LogP contribution in [0.4, 0.5) is 0 Å². The molecule has 1 aromatic heterocycles. The number of thiazole rings is 1. The highest BCUT2D eigenvalue weighted by molar-refractivity contribution is 7.13. The van der Waals surface area contributed by atoms with Crippen LogP contribution < -0.4 is 5.32 Å². The summed E-state index contributed by atoms with van der Waals surface area (Å²) in [7, 11) is 0. The fourth-order valence-corrected chi connectivity index (χ4v) is 3.35. The van der Waals surface area contributed by atoms with E-state index in [2.05, 4.69) is 48.4 Å². The summed E-state index contributed by atoms with van der Waals surface area (Å²) in [5, 5.41) is 6.04. The van der Waals surface area contributed by atoms with Crippen molar-refractivity contribution in [3.05, 3.63) is 40.9 Å². The van der Waals surface area contributed by atoms with Gasteiger partial charge in [-0.15, -0.1) is 23.7 Å². The van der Waals surface area contributed by atoms with E-state index in [1.165, 1.54) is 16.9 Å². The molecule has 0 spiro atoms. The van der Waals surface area contributed by atoms with Gasteiger partial charge in [0.1, 0.15) is 10.7 Å². The highest BCUT2D eigenvalue weighted by atomic mass is 35.5. The summed E-state index contributed by atoms with van der Waals surface area (Å²) in [6, 6.07) is 8.46. The summed E-state index contributed by atoms with van der Waals surface area (Å²) in [5.41, 5.74) is 2.96. The summed E-state index contributed by atoms with van der Waals surface area (Å²) in [6.45, 7) is 7.60. The van der Waals surface area contributed by atoms with E-state index in [1.54, 1.807) is 0 Å². The summed E-state index contributed by atoms with van der Waals surface area (Å²) >= 11 is 1.53. The van der Waals surface area contributed by atoms with Gasteiger partial charge in [-0.3, -0.25) is 4.79 Å². The molecule has 1 aliphatic rings.